The van der Waals surface area contributed by atoms with Crippen LogP contribution in [0.4, 0.5) is 0 Å². The van der Waals surface area contributed by atoms with Gasteiger partial charge in [0, 0.05) is 5.75 Å². The average Bonchev–Trinajstić information content (AvgIpc) is 2.73. The van der Waals surface area contributed by atoms with Crippen LogP contribution < -0.4 is 14.6 Å². The molecule has 0 spiro atoms. The smallest absolute Gasteiger partial charge is 0.335 e. The first-order valence-corrected chi connectivity index (χ1v) is 11.2. The quantitative estimate of drug-likeness (QED) is 0.501. The summed E-state index contributed by atoms with van der Waals surface area (Å²) in [7, 11) is -2.73. The summed E-state index contributed by atoms with van der Waals surface area (Å²) in [5.74, 6) is 0.151. The number of ether oxygens (including phenoxy) is 2. The molecule has 3 N–H and O–H groups in total. The van der Waals surface area contributed by atoms with Crippen molar-refractivity contribution < 1.29 is 27.8 Å². The molecule has 0 bridgehead atoms. The van der Waals surface area contributed by atoms with Gasteiger partial charge in [0.15, 0.2) is 5.75 Å². The number of nitrogens with two attached hydrogens (primary N) is 1. The van der Waals surface area contributed by atoms with E-state index < -0.39 is 20.9 Å². The lowest BCUT2D eigenvalue weighted by Crippen LogP contribution is -2.15. The molecule has 0 unspecified atom stereocenters. The minimum atomic E-state index is -4.25. The standard InChI is InChI=1S/C21H19NO6S2/c1-27-16-7-9-17(10-8-16)28-20-18(29-13-14-5-3-2-4-6-14)11-15(21(23)24)12-19(20)30(22,25)26/h2-12H,13H2,1H3,(H,23,24)(H2,22,25,26). The Bertz CT molecular complexity index is 1150. The van der Waals surface area contributed by atoms with Crippen LogP contribution in [0.5, 0.6) is 17.2 Å². The van der Waals surface area contributed by atoms with E-state index in [1.165, 1.54) is 24.9 Å². The van der Waals surface area contributed by atoms with Gasteiger partial charge >= 0.3 is 5.97 Å². The molecule has 0 aliphatic rings. The molecular weight excluding hydrogens is 426 g/mol. The van der Waals surface area contributed by atoms with E-state index in [4.69, 9.17) is 14.6 Å². The van der Waals surface area contributed by atoms with Crippen molar-refractivity contribution in [2.45, 2.75) is 15.5 Å². The molecule has 0 aliphatic heterocycles. The van der Waals surface area contributed by atoms with Crippen molar-refractivity contribution in [3.8, 4) is 17.2 Å². The maximum atomic E-state index is 12.2. The maximum Gasteiger partial charge on any atom is 0.335 e. The molecule has 7 nitrogen and oxygen atoms in total. The van der Waals surface area contributed by atoms with Gasteiger partial charge in [-0.2, -0.15) is 0 Å². The number of primary sulfonamides is 1. The molecular formula is C21H19NO6S2. The molecule has 156 valence electrons. The Hall–Kier alpha value is -3.01. The number of thioether (sulfide) groups is 1. The summed E-state index contributed by atoms with van der Waals surface area (Å²) in [6, 6.07) is 18.4. The summed E-state index contributed by atoms with van der Waals surface area (Å²) >= 11 is 1.26. The van der Waals surface area contributed by atoms with Crippen LogP contribution in [0, 0.1) is 0 Å². The van der Waals surface area contributed by atoms with Crippen LogP contribution in [-0.2, 0) is 15.8 Å². The first kappa shape index (κ1) is 21.7. The summed E-state index contributed by atoms with van der Waals surface area (Å²) in [6.45, 7) is 0. The molecule has 3 aromatic carbocycles. The first-order valence-electron chi connectivity index (χ1n) is 8.70. The number of hydrogen-bond acceptors (Lipinski definition) is 6. The largest absolute Gasteiger partial charge is 0.497 e. The monoisotopic (exact) mass is 445 g/mol. The van der Waals surface area contributed by atoms with E-state index >= 15 is 0 Å². The number of rotatable bonds is 8. The molecule has 0 heterocycles. The third kappa shape index (κ3) is 5.32. The highest BCUT2D eigenvalue weighted by atomic mass is 32.2. The van der Waals surface area contributed by atoms with Crippen molar-refractivity contribution in [3.05, 3.63) is 77.9 Å². The predicted molar refractivity (Wildman–Crippen MR) is 114 cm³/mol. The van der Waals surface area contributed by atoms with E-state index in [0.717, 1.165) is 11.6 Å². The Morgan fingerprint density at radius 2 is 1.67 bits per heavy atom. The summed E-state index contributed by atoms with van der Waals surface area (Å²) in [6.07, 6.45) is 0. The Balaban J connectivity index is 2.08. The molecule has 3 rings (SSSR count). The number of aromatic carboxylic acids is 1. The summed E-state index contributed by atoms with van der Waals surface area (Å²) in [4.78, 5) is 11.5. The molecule has 0 fully saturated rings. The fourth-order valence-electron chi connectivity index (χ4n) is 2.62. The second kappa shape index (κ2) is 9.21. The highest BCUT2D eigenvalue weighted by Gasteiger charge is 2.24. The zero-order valence-electron chi connectivity index (χ0n) is 15.9. The lowest BCUT2D eigenvalue weighted by Gasteiger charge is -2.16. The molecule has 0 aromatic heterocycles. The van der Waals surface area contributed by atoms with E-state index in [-0.39, 0.29) is 11.3 Å². The van der Waals surface area contributed by atoms with E-state index in [9.17, 15) is 18.3 Å². The number of carboxylic acid groups (broad SMARTS) is 1. The van der Waals surface area contributed by atoms with Crippen LogP contribution >= 0.6 is 11.8 Å². The zero-order valence-corrected chi connectivity index (χ0v) is 17.6. The number of carboxylic acids is 1. The second-order valence-corrected chi connectivity index (χ2v) is 8.75. The van der Waals surface area contributed by atoms with E-state index in [2.05, 4.69) is 0 Å². The van der Waals surface area contributed by atoms with E-state index in [0.29, 0.717) is 22.1 Å². The number of methoxy groups -OCH3 is 1. The first-order chi connectivity index (χ1) is 14.3. The molecule has 0 saturated carbocycles. The van der Waals surface area contributed by atoms with Gasteiger partial charge in [0.2, 0.25) is 10.0 Å². The number of hydrogen-bond donors (Lipinski definition) is 2. The zero-order chi connectivity index (χ0) is 21.7. The van der Waals surface area contributed by atoms with Crippen LogP contribution in [-0.4, -0.2) is 26.6 Å². The van der Waals surface area contributed by atoms with E-state index in [1.807, 2.05) is 30.3 Å². The Labute approximate surface area is 178 Å². The lowest BCUT2D eigenvalue weighted by molar-refractivity contribution is 0.0696. The summed E-state index contributed by atoms with van der Waals surface area (Å²) < 4.78 is 35.4. The highest BCUT2D eigenvalue weighted by Crippen LogP contribution is 2.40. The van der Waals surface area contributed by atoms with Crippen LogP contribution in [0.25, 0.3) is 0 Å². The van der Waals surface area contributed by atoms with Crippen LogP contribution in [0.1, 0.15) is 15.9 Å². The lowest BCUT2D eigenvalue weighted by atomic mass is 10.2. The molecule has 9 heteroatoms. The second-order valence-electron chi connectivity index (χ2n) is 6.20. The van der Waals surface area contributed by atoms with Crippen molar-refractivity contribution in [3.63, 3.8) is 0 Å². The van der Waals surface area contributed by atoms with Gasteiger partial charge in [0.1, 0.15) is 16.4 Å². The van der Waals surface area contributed by atoms with Crippen LogP contribution in [0.2, 0.25) is 0 Å². The van der Waals surface area contributed by atoms with Crippen molar-refractivity contribution in [2.24, 2.45) is 5.14 Å². The SMILES string of the molecule is COc1ccc(Oc2c(SCc3ccccc3)cc(C(=O)O)cc2S(N)(=O)=O)cc1. The molecule has 0 amide bonds. The minimum absolute atomic E-state index is 0.0198. The molecule has 0 aliphatic carbocycles. The van der Waals surface area contributed by atoms with Gasteiger partial charge in [-0.3, -0.25) is 0 Å². The third-order valence-corrected chi connectivity index (χ3v) is 6.10. The van der Waals surface area contributed by atoms with Gasteiger partial charge in [0.25, 0.3) is 0 Å². The minimum Gasteiger partial charge on any atom is -0.497 e. The van der Waals surface area contributed by atoms with Gasteiger partial charge < -0.3 is 14.6 Å². The van der Waals surface area contributed by atoms with Gasteiger partial charge in [0.05, 0.1) is 17.6 Å². The predicted octanol–water partition coefficient (Wildman–Crippen LogP) is 4.13. The number of carbonyl (C=O) groups is 1. The molecule has 0 atom stereocenters. The van der Waals surface area contributed by atoms with Crippen molar-refractivity contribution in [1.82, 2.24) is 0 Å². The normalized spacial score (nSPS) is 11.1. The van der Waals surface area contributed by atoms with Crippen molar-refractivity contribution in [2.75, 3.05) is 7.11 Å². The van der Waals surface area contributed by atoms with Gasteiger partial charge in [-0.1, -0.05) is 30.3 Å². The van der Waals surface area contributed by atoms with Gasteiger partial charge in [-0.05, 0) is 42.0 Å². The number of sulfonamides is 1. The fourth-order valence-corrected chi connectivity index (χ4v) is 4.39. The van der Waals surface area contributed by atoms with E-state index in [1.54, 1.807) is 24.3 Å². The van der Waals surface area contributed by atoms with Crippen molar-refractivity contribution >= 4 is 27.8 Å². The van der Waals surface area contributed by atoms with Gasteiger partial charge in [-0.25, -0.2) is 18.4 Å². The average molecular weight is 446 g/mol. The molecule has 0 radical (unpaired) electrons. The molecule has 30 heavy (non-hydrogen) atoms. The van der Waals surface area contributed by atoms with Crippen molar-refractivity contribution in [1.29, 1.82) is 0 Å². The fraction of sp³-hybridized carbons (Fsp3) is 0.0952. The maximum absolute atomic E-state index is 12.2. The Morgan fingerprint density at radius 3 is 2.23 bits per heavy atom. The van der Waals surface area contributed by atoms with Crippen LogP contribution in [0.15, 0.2) is 76.5 Å². The summed E-state index contributed by atoms with van der Waals surface area (Å²) in [5.41, 5.74) is 0.785. The van der Waals surface area contributed by atoms with Crippen LogP contribution in [0.3, 0.4) is 0 Å². The summed E-state index contributed by atoms with van der Waals surface area (Å²) in [5, 5.41) is 14.8. The Morgan fingerprint density at radius 1 is 1.03 bits per heavy atom. The van der Waals surface area contributed by atoms with Gasteiger partial charge in [-0.15, -0.1) is 11.8 Å². The molecule has 0 saturated heterocycles. The Kier molecular flexibility index (Phi) is 6.66. The highest BCUT2D eigenvalue weighted by molar-refractivity contribution is 7.98. The topological polar surface area (TPSA) is 116 Å². The molecule has 3 aromatic rings. The third-order valence-electron chi connectivity index (χ3n) is 4.09. The number of benzene rings is 3.